The number of nitrogens with one attached hydrogen (secondary N) is 1. The predicted octanol–water partition coefficient (Wildman–Crippen LogP) is 0.522. The van der Waals surface area contributed by atoms with E-state index in [0.717, 1.165) is 0 Å². The van der Waals surface area contributed by atoms with Gasteiger partial charge in [0.05, 0.1) is 6.61 Å². The van der Waals surface area contributed by atoms with Gasteiger partial charge in [0, 0.05) is 31.3 Å². The van der Waals surface area contributed by atoms with Gasteiger partial charge >= 0.3 is 7.67 Å². The molecule has 0 amide bonds. The molecule has 1 unspecified atom stereocenters. The van der Waals surface area contributed by atoms with Crippen LogP contribution >= 0.6 is 30.9 Å². The molecule has 0 bridgehead atoms. The van der Waals surface area contributed by atoms with Gasteiger partial charge in [-0.05, 0) is 0 Å². The Labute approximate surface area is 104 Å². The second-order valence-electron chi connectivity index (χ2n) is 3.36. The third kappa shape index (κ3) is 3.82. The molecule has 0 aromatic rings. The van der Waals surface area contributed by atoms with Gasteiger partial charge in [0.1, 0.15) is 0 Å². The van der Waals surface area contributed by atoms with Crippen LogP contribution in [-0.4, -0.2) is 52.3 Å². The molecule has 0 saturated carbocycles. The number of hydrogen-bond acceptors (Lipinski definition) is 4. The molecule has 0 aromatic heterocycles. The zero-order valence-electron chi connectivity index (χ0n) is 8.60. The summed E-state index contributed by atoms with van der Waals surface area (Å²) in [5, 5.41) is 21.0. The van der Waals surface area contributed by atoms with E-state index in [1.165, 1.54) is 4.67 Å². The van der Waals surface area contributed by atoms with Crippen LogP contribution in [0.25, 0.3) is 0 Å². The van der Waals surface area contributed by atoms with Crippen LogP contribution in [0.1, 0.15) is 6.42 Å². The van der Waals surface area contributed by atoms with E-state index in [-0.39, 0.29) is 37.9 Å². The quantitative estimate of drug-likeness (QED) is 0.389. The van der Waals surface area contributed by atoms with Crippen LogP contribution in [0.4, 0.5) is 0 Å². The van der Waals surface area contributed by atoms with Gasteiger partial charge in [-0.15, -0.1) is 23.2 Å². The van der Waals surface area contributed by atoms with Crippen molar-refractivity contribution in [2.24, 2.45) is 0 Å². The Bertz CT molecular complexity index is 273. The van der Waals surface area contributed by atoms with Crippen LogP contribution in [0.3, 0.4) is 0 Å². The van der Waals surface area contributed by atoms with Crippen molar-refractivity contribution >= 4 is 30.9 Å². The summed E-state index contributed by atoms with van der Waals surface area (Å²) in [6, 6.07) is 0. The van der Waals surface area contributed by atoms with Crippen molar-refractivity contribution in [3.8, 4) is 0 Å². The number of nitrogens with zero attached hydrogens (tertiary/aromatic N) is 1. The molecular formula is C7H15Cl2N2O4P. The van der Waals surface area contributed by atoms with Crippen LogP contribution < -0.4 is 5.09 Å². The predicted molar refractivity (Wildman–Crippen MR) is 61.5 cm³/mol. The topological polar surface area (TPSA) is 82.0 Å². The van der Waals surface area contributed by atoms with Crippen LogP contribution in [0.5, 0.6) is 0 Å². The summed E-state index contributed by atoms with van der Waals surface area (Å²) in [5.74, 6) is -1.68. The molecule has 16 heavy (non-hydrogen) atoms. The standard InChI is InChI=1S/C7H15Cl2N2O4P/c8-2-4-11(5-3-9)16(14)10-7(12,13)1-6-15-16/h12-13H,1-6H2,(H,10,14). The largest absolute Gasteiger partial charge is 0.353 e. The average molecular weight is 293 g/mol. The molecule has 9 heteroatoms. The molecule has 96 valence electrons. The van der Waals surface area contributed by atoms with E-state index in [1.807, 2.05) is 0 Å². The lowest BCUT2D eigenvalue weighted by Gasteiger charge is -2.38. The molecule has 3 N–H and O–H groups in total. The second kappa shape index (κ2) is 5.98. The minimum absolute atomic E-state index is 0.00164. The van der Waals surface area contributed by atoms with Gasteiger partial charge in [0.15, 0.2) is 0 Å². The van der Waals surface area contributed by atoms with E-state index in [9.17, 15) is 14.8 Å². The van der Waals surface area contributed by atoms with E-state index in [2.05, 4.69) is 5.09 Å². The fourth-order valence-electron chi connectivity index (χ4n) is 1.35. The fraction of sp³-hybridized carbons (Fsp3) is 1.00. The first-order valence-electron chi connectivity index (χ1n) is 4.80. The Morgan fingerprint density at radius 2 is 1.94 bits per heavy atom. The Kier molecular flexibility index (Phi) is 5.48. The van der Waals surface area contributed by atoms with Gasteiger partial charge in [-0.25, -0.2) is 4.67 Å². The monoisotopic (exact) mass is 292 g/mol. The van der Waals surface area contributed by atoms with Crippen molar-refractivity contribution in [3.63, 3.8) is 0 Å². The number of rotatable bonds is 5. The fourth-order valence-corrected chi connectivity index (χ4v) is 3.99. The van der Waals surface area contributed by atoms with Gasteiger partial charge in [0.25, 0.3) is 0 Å². The SMILES string of the molecule is O=P1(N(CCCl)CCCl)NC(O)(O)CCO1. The molecule has 1 saturated heterocycles. The number of hydrogen-bond donors (Lipinski definition) is 3. The first kappa shape index (κ1) is 14.7. The molecule has 0 spiro atoms. The van der Waals surface area contributed by atoms with Crippen molar-refractivity contribution < 1.29 is 19.3 Å². The van der Waals surface area contributed by atoms with Gasteiger partial charge in [-0.1, -0.05) is 0 Å². The summed E-state index contributed by atoms with van der Waals surface area (Å²) in [6.07, 6.45) is -0.0490. The first-order chi connectivity index (χ1) is 7.43. The third-order valence-corrected chi connectivity index (χ3v) is 4.75. The molecule has 6 nitrogen and oxygen atoms in total. The highest BCUT2D eigenvalue weighted by Crippen LogP contribution is 2.50. The molecule has 1 aliphatic heterocycles. The van der Waals surface area contributed by atoms with Crippen molar-refractivity contribution in [2.75, 3.05) is 31.5 Å². The zero-order valence-corrected chi connectivity index (χ0v) is 11.0. The van der Waals surface area contributed by atoms with Crippen molar-refractivity contribution in [2.45, 2.75) is 12.3 Å². The first-order valence-corrected chi connectivity index (χ1v) is 7.44. The maximum absolute atomic E-state index is 12.3. The molecule has 0 radical (unpaired) electrons. The second-order valence-corrected chi connectivity index (χ2v) is 6.21. The smallest absolute Gasteiger partial charge is 0.347 e. The summed E-state index contributed by atoms with van der Waals surface area (Å²) < 4.78 is 18.8. The third-order valence-electron chi connectivity index (χ3n) is 2.09. The maximum Gasteiger partial charge on any atom is 0.347 e. The summed E-state index contributed by atoms with van der Waals surface area (Å²) in [7, 11) is -3.46. The Hall–Kier alpha value is 0.610. The van der Waals surface area contributed by atoms with Crippen molar-refractivity contribution in [1.82, 2.24) is 9.76 Å². The molecule has 0 aromatic carbocycles. The van der Waals surface area contributed by atoms with Gasteiger partial charge in [0.2, 0.25) is 5.91 Å². The summed E-state index contributed by atoms with van der Waals surface area (Å²) >= 11 is 11.1. The summed E-state index contributed by atoms with van der Waals surface area (Å²) in [4.78, 5) is 0. The van der Waals surface area contributed by atoms with E-state index in [0.29, 0.717) is 0 Å². The van der Waals surface area contributed by atoms with Crippen LogP contribution in [0, 0.1) is 0 Å². The summed E-state index contributed by atoms with van der Waals surface area (Å²) in [6.45, 7) is 0.571. The molecule has 1 heterocycles. The van der Waals surface area contributed by atoms with E-state index in [1.54, 1.807) is 0 Å². The molecule has 1 fully saturated rings. The highest BCUT2D eigenvalue weighted by atomic mass is 35.5. The number of halogens is 2. The highest BCUT2D eigenvalue weighted by Gasteiger charge is 2.43. The highest BCUT2D eigenvalue weighted by molar-refractivity contribution is 7.54. The van der Waals surface area contributed by atoms with E-state index >= 15 is 0 Å². The zero-order chi connectivity index (χ0) is 12.2. The number of alkyl halides is 2. The van der Waals surface area contributed by atoms with Crippen molar-refractivity contribution in [3.05, 3.63) is 0 Å². The maximum atomic E-state index is 12.3. The lowest BCUT2D eigenvalue weighted by molar-refractivity contribution is -0.190. The lowest BCUT2D eigenvalue weighted by Crippen LogP contribution is -2.51. The van der Waals surface area contributed by atoms with Gasteiger partial charge < -0.3 is 14.7 Å². The van der Waals surface area contributed by atoms with Crippen molar-refractivity contribution in [1.29, 1.82) is 0 Å². The normalized spacial score (nSPS) is 29.6. The van der Waals surface area contributed by atoms with Crippen LogP contribution in [0.2, 0.25) is 0 Å². The molecule has 1 aliphatic rings. The molecule has 1 atom stereocenters. The minimum atomic E-state index is -3.46. The molecular weight excluding hydrogens is 278 g/mol. The Morgan fingerprint density at radius 3 is 2.38 bits per heavy atom. The number of aliphatic hydroxyl groups is 2. The van der Waals surface area contributed by atoms with Crippen LogP contribution in [-0.2, 0) is 9.09 Å². The lowest BCUT2D eigenvalue weighted by atomic mass is 10.4. The Morgan fingerprint density at radius 1 is 1.38 bits per heavy atom. The van der Waals surface area contributed by atoms with E-state index in [4.69, 9.17) is 27.7 Å². The van der Waals surface area contributed by atoms with Crippen LogP contribution in [0.15, 0.2) is 0 Å². The Balaban J connectivity index is 2.76. The average Bonchev–Trinajstić information content (AvgIpc) is 2.15. The minimum Gasteiger partial charge on any atom is -0.353 e. The van der Waals surface area contributed by atoms with E-state index < -0.39 is 13.6 Å². The molecule has 1 rings (SSSR count). The summed E-state index contributed by atoms with van der Waals surface area (Å²) in [5.41, 5.74) is 0. The van der Waals surface area contributed by atoms with Gasteiger partial charge in [-0.2, -0.15) is 5.09 Å². The van der Waals surface area contributed by atoms with Gasteiger partial charge in [-0.3, -0.25) is 4.57 Å². The molecule has 0 aliphatic carbocycles.